The molecule has 0 fully saturated rings. The Morgan fingerprint density at radius 3 is 2.41 bits per heavy atom. The highest BCUT2D eigenvalue weighted by atomic mass is 16.5. The lowest BCUT2D eigenvalue weighted by Gasteiger charge is -2.15. The maximum Gasteiger partial charge on any atom is 0.342 e. The highest BCUT2D eigenvalue weighted by Crippen LogP contribution is 2.31. The first-order valence-corrected chi connectivity index (χ1v) is 8.76. The van der Waals surface area contributed by atoms with E-state index in [0.29, 0.717) is 5.75 Å². The van der Waals surface area contributed by atoms with Crippen LogP contribution in [-0.4, -0.2) is 38.7 Å². The van der Waals surface area contributed by atoms with E-state index < -0.39 is 5.97 Å². The molecule has 6 heteroatoms. The van der Waals surface area contributed by atoms with Crippen molar-refractivity contribution in [2.24, 2.45) is 0 Å². The van der Waals surface area contributed by atoms with Crippen molar-refractivity contribution in [3.63, 3.8) is 0 Å². The van der Waals surface area contributed by atoms with E-state index in [4.69, 9.17) is 14.2 Å². The molecule has 2 rings (SSSR count). The van der Waals surface area contributed by atoms with Crippen molar-refractivity contribution < 1.29 is 23.8 Å². The third-order valence-corrected chi connectivity index (χ3v) is 4.07. The number of methoxy groups -OCH3 is 2. The molecule has 1 N–H and O–H groups in total. The smallest absolute Gasteiger partial charge is 0.342 e. The molecule has 2 aromatic rings. The Kier molecular flexibility index (Phi) is 7.67. The second-order valence-corrected chi connectivity index (χ2v) is 6.11. The number of amides is 1. The molecular formula is C21H25NO5. The van der Waals surface area contributed by atoms with Gasteiger partial charge in [-0.15, -0.1) is 0 Å². The SMILES string of the molecule is COc1cccc(C(=O)OCC(=O)N[C@@H](C)CCc2ccccc2)c1OC. The maximum absolute atomic E-state index is 12.3. The van der Waals surface area contributed by atoms with E-state index in [1.54, 1.807) is 18.2 Å². The minimum absolute atomic E-state index is 0.0252. The van der Waals surface area contributed by atoms with E-state index in [0.717, 1.165) is 12.8 Å². The number of para-hydroxylation sites is 1. The van der Waals surface area contributed by atoms with Gasteiger partial charge in [0, 0.05) is 6.04 Å². The lowest BCUT2D eigenvalue weighted by molar-refractivity contribution is -0.124. The number of aryl methyl sites for hydroxylation is 1. The van der Waals surface area contributed by atoms with Crippen molar-refractivity contribution in [1.29, 1.82) is 0 Å². The molecular weight excluding hydrogens is 346 g/mol. The van der Waals surface area contributed by atoms with Gasteiger partial charge < -0.3 is 19.5 Å². The average molecular weight is 371 g/mol. The molecule has 0 saturated carbocycles. The summed E-state index contributed by atoms with van der Waals surface area (Å²) < 4.78 is 15.5. The van der Waals surface area contributed by atoms with Gasteiger partial charge in [-0.1, -0.05) is 36.4 Å². The predicted molar refractivity (Wildman–Crippen MR) is 102 cm³/mol. The Morgan fingerprint density at radius 2 is 1.74 bits per heavy atom. The van der Waals surface area contributed by atoms with Gasteiger partial charge in [-0.2, -0.15) is 0 Å². The minimum Gasteiger partial charge on any atom is -0.493 e. The highest BCUT2D eigenvalue weighted by Gasteiger charge is 2.19. The van der Waals surface area contributed by atoms with Gasteiger partial charge in [-0.05, 0) is 37.5 Å². The van der Waals surface area contributed by atoms with Gasteiger partial charge in [-0.3, -0.25) is 4.79 Å². The molecule has 0 radical (unpaired) electrons. The minimum atomic E-state index is -0.641. The summed E-state index contributed by atoms with van der Waals surface area (Å²) >= 11 is 0. The molecule has 0 saturated heterocycles. The second kappa shape index (κ2) is 10.2. The van der Waals surface area contributed by atoms with Crippen LogP contribution in [0.25, 0.3) is 0 Å². The van der Waals surface area contributed by atoms with Crippen LogP contribution in [0.1, 0.15) is 29.3 Å². The largest absolute Gasteiger partial charge is 0.493 e. The normalized spacial score (nSPS) is 11.4. The average Bonchev–Trinajstić information content (AvgIpc) is 2.70. The molecule has 0 unspecified atom stereocenters. The molecule has 144 valence electrons. The topological polar surface area (TPSA) is 73.9 Å². The maximum atomic E-state index is 12.3. The quantitative estimate of drug-likeness (QED) is 0.686. The lowest BCUT2D eigenvalue weighted by atomic mass is 10.1. The van der Waals surface area contributed by atoms with Crippen LogP contribution >= 0.6 is 0 Å². The van der Waals surface area contributed by atoms with Crippen molar-refractivity contribution in [2.75, 3.05) is 20.8 Å². The summed E-state index contributed by atoms with van der Waals surface area (Å²) in [6, 6.07) is 14.9. The Labute approximate surface area is 159 Å². The third-order valence-electron chi connectivity index (χ3n) is 4.07. The van der Waals surface area contributed by atoms with Gasteiger partial charge in [0.2, 0.25) is 0 Å². The van der Waals surface area contributed by atoms with Gasteiger partial charge in [0.25, 0.3) is 5.91 Å². The number of benzene rings is 2. The fourth-order valence-electron chi connectivity index (χ4n) is 2.67. The van der Waals surface area contributed by atoms with Crippen molar-refractivity contribution in [2.45, 2.75) is 25.8 Å². The van der Waals surface area contributed by atoms with Crippen molar-refractivity contribution >= 4 is 11.9 Å². The van der Waals surface area contributed by atoms with E-state index in [-0.39, 0.29) is 29.9 Å². The molecule has 2 aromatic carbocycles. The van der Waals surface area contributed by atoms with E-state index in [1.807, 2.05) is 25.1 Å². The van der Waals surface area contributed by atoms with Crippen LogP contribution in [-0.2, 0) is 16.0 Å². The Hall–Kier alpha value is -3.02. The Morgan fingerprint density at radius 1 is 1.00 bits per heavy atom. The fraction of sp³-hybridized carbons (Fsp3) is 0.333. The molecule has 1 amide bonds. The molecule has 0 bridgehead atoms. The van der Waals surface area contributed by atoms with E-state index in [9.17, 15) is 9.59 Å². The highest BCUT2D eigenvalue weighted by molar-refractivity contribution is 5.95. The first-order chi connectivity index (χ1) is 13.0. The summed E-state index contributed by atoms with van der Waals surface area (Å²) in [5.41, 5.74) is 1.43. The summed E-state index contributed by atoms with van der Waals surface area (Å²) in [5.74, 6) is -0.281. The van der Waals surface area contributed by atoms with Gasteiger partial charge in [0.15, 0.2) is 18.1 Å². The molecule has 0 spiro atoms. The van der Waals surface area contributed by atoms with Crippen molar-refractivity contribution in [3.05, 3.63) is 59.7 Å². The zero-order chi connectivity index (χ0) is 19.6. The standard InChI is InChI=1S/C21H25NO5/c1-15(12-13-16-8-5-4-6-9-16)22-19(23)14-27-21(24)17-10-7-11-18(25-2)20(17)26-3/h4-11,15H,12-14H2,1-3H3,(H,22,23)/t15-/m0/s1. The van der Waals surface area contributed by atoms with Gasteiger partial charge in [0.05, 0.1) is 14.2 Å². The molecule has 0 aromatic heterocycles. The number of hydrogen-bond donors (Lipinski definition) is 1. The number of ether oxygens (including phenoxy) is 3. The summed E-state index contributed by atoms with van der Waals surface area (Å²) in [6.45, 7) is 1.57. The van der Waals surface area contributed by atoms with Gasteiger partial charge in [-0.25, -0.2) is 4.79 Å². The summed E-state index contributed by atoms with van der Waals surface area (Å²) in [4.78, 5) is 24.3. The third kappa shape index (κ3) is 6.02. The zero-order valence-electron chi connectivity index (χ0n) is 15.9. The van der Waals surface area contributed by atoms with Crippen molar-refractivity contribution in [3.8, 4) is 11.5 Å². The number of nitrogens with one attached hydrogen (secondary N) is 1. The van der Waals surface area contributed by atoms with Crippen LogP contribution in [0.15, 0.2) is 48.5 Å². The molecule has 0 aliphatic carbocycles. The number of hydrogen-bond acceptors (Lipinski definition) is 5. The lowest BCUT2D eigenvalue weighted by Crippen LogP contribution is -2.36. The first-order valence-electron chi connectivity index (χ1n) is 8.76. The van der Waals surface area contributed by atoms with Gasteiger partial charge in [0.1, 0.15) is 5.56 Å². The van der Waals surface area contributed by atoms with Crippen LogP contribution in [0.4, 0.5) is 0 Å². The number of carbonyl (C=O) groups is 2. The molecule has 1 atom stereocenters. The van der Waals surface area contributed by atoms with Crippen LogP contribution in [0.3, 0.4) is 0 Å². The Bertz CT molecular complexity index is 760. The second-order valence-electron chi connectivity index (χ2n) is 6.11. The van der Waals surface area contributed by atoms with Crippen LogP contribution in [0.5, 0.6) is 11.5 Å². The van der Waals surface area contributed by atoms with Crippen LogP contribution in [0, 0.1) is 0 Å². The molecule has 27 heavy (non-hydrogen) atoms. The van der Waals surface area contributed by atoms with E-state index in [1.165, 1.54) is 19.8 Å². The predicted octanol–water partition coefficient (Wildman–Crippen LogP) is 3.00. The summed E-state index contributed by atoms with van der Waals surface area (Å²) in [5, 5.41) is 2.84. The number of carbonyl (C=O) groups excluding carboxylic acids is 2. The molecule has 0 aliphatic rings. The van der Waals surface area contributed by atoms with Gasteiger partial charge >= 0.3 is 5.97 Å². The number of rotatable bonds is 9. The fourth-order valence-corrected chi connectivity index (χ4v) is 2.67. The Balaban J connectivity index is 1.82. The monoisotopic (exact) mass is 371 g/mol. The molecule has 0 aliphatic heterocycles. The first kappa shape index (κ1) is 20.3. The number of esters is 1. The van der Waals surface area contributed by atoms with Crippen LogP contribution in [0.2, 0.25) is 0 Å². The van der Waals surface area contributed by atoms with E-state index >= 15 is 0 Å². The summed E-state index contributed by atoms with van der Waals surface area (Å²) in [7, 11) is 2.92. The van der Waals surface area contributed by atoms with Crippen molar-refractivity contribution in [1.82, 2.24) is 5.32 Å². The zero-order valence-corrected chi connectivity index (χ0v) is 15.9. The molecule has 0 heterocycles. The molecule has 6 nitrogen and oxygen atoms in total. The van der Waals surface area contributed by atoms with Crippen LogP contribution < -0.4 is 14.8 Å². The van der Waals surface area contributed by atoms with E-state index in [2.05, 4.69) is 17.4 Å². The summed E-state index contributed by atoms with van der Waals surface area (Å²) in [6.07, 6.45) is 1.66.